The van der Waals surface area contributed by atoms with E-state index in [0.29, 0.717) is 12.5 Å². The van der Waals surface area contributed by atoms with Gasteiger partial charge in [0.05, 0.1) is 6.10 Å². The molecule has 21 heavy (non-hydrogen) atoms. The molecule has 8 heteroatoms. The molecule has 0 aliphatic carbocycles. The van der Waals surface area contributed by atoms with Crippen molar-refractivity contribution < 1.29 is 17.9 Å². The van der Waals surface area contributed by atoms with Crippen LogP contribution < -0.4 is 5.32 Å². The van der Waals surface area contributed by atoms with Crippen LogP contribution in [0, 0.1) is 5.92 Å². The van der Waals surface area contributed by atoms with E-state index in [1.54, 1.807) is 7.05 Å². The van der Waals surface area contributed by atoms with Gasteiger partial charge < -0.3 is 14.6 Å². The number of nitrogens with zero attached hydrogens (tertiary/aromatic N) is 1. The van der Waals surface area contributed by atoms with Crippen molar-refractivity contribution in [2.24, 2.45) is 13.0 Å². The van der Waals surface area contributed by atoms with Crippen LogP contribution in [0.25, 0.3) is 0 Å². The Kier molecular flexibility index (Phi) is 4.95. The van der Waals surface area contributed by atoms with Gasteiger partial charge in [-0.25, -0.2) is 8.42 Å². The summed E-state index contributed by atoms with van der Waals surface area (Å²) in [6.07, 6.45) is 3.34. The molecule has 2 rings (SSSR count). The standard InChI is InChI=1S/C13H19ClN2O4S/c1-3-12-9(4-5-20-12)7-15-13(17)11-6-10(8-16(11)2)21(14,18)19/h6,8-9,12H,3-5,7H2,1-2H3,(H,15,17). The first-order chi connectivity index (χ1) is 9.82. The zero-order chi connectivity index (χ0) is 15.6. The maximum absolute atomic E-state index is 12.1. The van der Waals surface area contributed by atoms with Crippen molar-refractivity contribution in [2.45, 2.75) is 30.8 Å². The molecule has 1 saturated heterocycles. The molecule has 1 aromatic heterocycles. The summed E-state index contributed by atoms with van der Waals surface area (Å²) in [7, 11) is 3.05. The van der Waals surface area contributed by atoms with Crippen LogP contribution in [0.15, 0.2) is 17.2 Å². The Morgan fingerprint density at radius 3 is 2.86 bits per heavy atom. The summed E-state index contributed by atoms with van der Waals surface area (Å²) in [4.78, 5) is 12.1. The van der Waals surface area contributed by atoms with Crippen molar-refractivity contribution in [2.75, 3.05) is 13.2 Å². The van der Waals surface area contributed by atoms with Crippen molar-refractivity contribution in [3.05, 3.63) is 18.0 Å². The number of aryl methyl sites for hydroxylation is 1. The molecule has 0 spiro atoms. The molecule has 0 radical (unpaired) electrons. The van der Waals surface area contributed by atoms with Crippen LogP contribution in [0.3, 0.4) is 0 Å². The minimum Gasteiger partial charge on any atom is -0.378 e. The monoisotopic (exact) mass is 334 g/mol. The highest BCUT2D eigenvalue weighted by Gasteiger charge is 2.27. The molecule has 1 aliphatic rings. The fourth-order valence-electron chi connectivity index (χ4n) is 2.59. The van der Waals surface area contributed by atoms with Gasteiger partial charge in [-0.15, -0.1) is 0 Å². The molecule has 1 N–H and O–H groups in total. The second-order valence-corrected chi connectivity index (χ2v) is 7.75. The molecule has 2 atom stereocenters. The Balaban J connectivity index is 2.02. The second kappa shape index (κ2) is 6.37. The minimum absolute atomic E-state index is 0.0764. The highest BCUT2D eigenvalue weighted by molar-refractivity contribution is 8.13. The van der Waals surface area contributed by atoms with Crippen LogP contribution >= 0.6 is 10.7 Å². The number of amides is 1. The molecule has 1 amide bonds. The van der Waals surface area contributed by atoms with Gasteiger partial charge in [-0.2, -0.15) is 0 Å². The topological polar surface area (TPSA) is 77.4 Å². The van der Waals surface area contributed by atoms with Gasteiger partial charge in [0, 0.05) is 43.0 Å². The maximum Gasteiger partial charge on any atom is 0.267 e. The molecule has 118 valence electrons. The Morgan fingerprint density at radius 2 is 2.29 bits per heavy atom. The van der Waals surface area contributed by atoms with Crippen LogP contribution in [0.1, 0.15) is 30.3 Å². The largest absolute Gasteiger partial charge is 0.378 e. The quantitative estimate of drug-likeness (QED) is 0.828. The van der Waals surface area contributed by atoms with E-state index in [4.69, 9.17) is 15.4 Å². The number of halogens is 1. The summed E-state index contributed by atoms with van der Waals surface area (Å²) in [6, 6.07) is 1.28. The third kappa shape index (κ3) is 3.78. The maximum atomic E-state index is 12.1. The molecule has 2 unspecified atom stereocenters. The normalized spacial score (nSPS) is 22.4. The third-order valence-electron chi connectivity index (χ3n) is 3.77. The summed E-state index contributed by atoms with van der Waals surface area (Å²) < 4.78 is 29.6. The Bertz CT molecular complexity index is 626. The molecule has 1 aromatic rings. The second-order valence-electron chi connectivity index (χ2n) is 5.19. The number of hydrogen-bond donors (Lipinski definition) is 1. The minimum atomic E-state index is -3.83. The number of nitrogens with one attached hydrogen (secondary N) is 1. The summed E-state index contributed by atoms with van der Waals surface area (Å²) in [5.41, 5.74) is 0.265. The zero-order valence-electron chi connectivity index (χ0n) is 12.0. The van der Waals surface area contributed by atoms with Gasteiger partial charge in [-0.05, 0) is 18.9 Å². The summed E-state index contributed by atoms with van der Waals surface area (Å²) in [5.74, 6) is -0.0127. The van der Waals surface area contributed by atoms with Gasteiger partial charge in [0.25, 0.3) is 15.0 Å². The van der Waals surface area contributed by atoms with Crippen LogP contribution in [0.4, 0.5) is 0 Å². The lowest BCUT2D eigenvalue weighted by Crippen LogP contribution is -2.33. The molecular weight excluding hydrogens is 316 g/mol. The zero-order valence-corrected chi connectivity index (χ0v) is 13.6. The predicted molar refractivity (Wildman–Crippen MR) is 78.9 cm³/mol. The van der Waals surface area contributed by atoms with Gasteiger partial charge in [0.2, 0.25) is 0 Å². The van der Waals surface area contributed by atoms with Crippen molar-refractivity contribution in [1.29, 1.82) is 0 Å². The first-order valence-corrected chi connectivity index (χ1v) is 9.14. The van der Waals surface area contributed by atoms with E-state index >= 15 is 0 Å². The van der Waals surface area contributed by atoms with Crippen molar-refractivity contribution >= 4 is 25.6 Å². The van der Waals surface area contributed by atoms with E-state index in [1.807, 2.05) is 0 Å². The van der Waals surface area contributed by atoms with Gasteiger partial charge in [-0.3, -0.25) is 4.79 Å². The first-order valence-electron chi connectivity index (χ1n) is 6.83. The van der Waals surface area contributed by atoms with Crippen LogP contribution in [0.2, 0.25) is 0 Å². The van der Waals surface area contributed by atoms with E-state index in [-0.39, 0.29) is 22.6 Å². The van der Waals surface area contributed by atoms with E-state index in [0.717, 1.165) is 19.4 Å². The Labute approximate surface area is 128 Å². The van der Waals surface area contributed by atoms with Crippen LogP contribution in [-0.4, -0.2) is 38.1 Å². The predicted octanol–water partition coefficient (Wildman–Crippen LogP) is 1.50. The average Bonchev–Trinajstić information content (AvgIpc) is 3.01. The number of rotatable bonds is 5. The molecule has 0 saturated carbocycles. The lowest BCUT2D eigenvalue weighted by molar-refractivity contribution is 0.0824. The molecular formula is C13H19ClN2O4S. The highest BCUT2D eigenvalue weighted by atomic mass is 35.7. The fraction of sp³-hybridized carbons (Fsp3) is 0.615. The van der Waals surface area contributed by atoms with Crippen LogP contribution in [0.5, 0.6) is 0 Å². The van der Waals surface area contributed by atoms with Gasteiger partial charge in [0.15, 0.2) is 0 Å². The van der Waals surface area contributed by atoms with Crippen molar-refractivity contribution in [3.63, 3.8) is 0 Å². The fourth-order valence-corrected chi connectivity index (χ4v) is 3.37. The lowest BCUT2D eigenvalue weighted by atomic mass is 10.00. The Morgan fingerprint density at radius 1 is 1.57 bits per heavy atom. The summed E-state index contributed by atoms with van der Waals surface area (Å²) in [5, 5.41) is 2.83. The highest BCUT2D eigenvalue weighted by Crippen LogP contribution is 2.23. The first kappa shape index (κ1) is 16.3. The van der Waals surface area contributed by atoms with Gasteiger partial charge in [-0.1, -0.05) is 6.92 Å². The summed E-state index contributed by atoms with van der Waals surface area (Å²) in [6.45, 7) is 3.29. The van der Waals surface area contributed by atoms with Gasteiger partial charge in [0.1, 0.15) is 10.6 Å². The molecule has 0 aromatic carbocycles. The average molecular weight is 335 g/mol. The van der Waals surface area contributed by atoms with E-state index in [2.05, 4.69) is 12.2 Å². The number of hydrogen-bond acceptors (Lipinski definition) is 4. The number of carbonyl (C=O) groups is 1. The number of aromatic nitrogens is 1. The molecule has 1 aliphatic heterocycles. The van der Waals surface area contributed by atoms with Crippen molar-refractivity contribution in [3.8, 4) is 0 Å². The van der Waals surface area contributed by atoms with E-state index < -0.39 is 9.05 Å². The molecule has 0 bridgehead atoms. The lowest BCUT2D eigenvalue weighted by Gasteiger charge is -2.17. The van der Waals surface area contributed by atoms with E-state index in [1.165, 1.54) is 16.8 Å². The number of carbonyl (C=O) groups excluding carboxylic acids is 1. The summed E-state index contributed by atoms with van der Waals surface area (Å²) >= 11 is 0. The molecule has 2 heterocycles. The number of ether oxygens (including phenoxy) is 1. The Hall–Kier alpha value is -1.05. The molecule has 1 fully saturated rings. The third-order valence-corrected chi connectivity index (χ3v) is 5.09. The smallest absolute Gasteiger partial charge is 0.267 e. The SMILES string of the molecule is CCC1OCCC1CNC(=O)c1cc(S(=O)(=O)Cl)cn1C. The van der Waals surface area contributed by atoms with Crippen molar-refractivity contribution in [1.82, 2.24) is 9.88 Å². The van der Waals surface area contributed by atoms with E-state index in [9.17, 15) is 13.2 Å². The van der Waals surface area contributed by atoms with Crippen LogP contribution in [-0.2, 0) is 20.8 Å². The molecule has 6 nitrogen and oxygen atoms in total. The van der Waals surface area contributed by atoms with Gasteiger partial charge >= 0.3 is 0 Å².